The Kier molecular flexibility index (Phi) is 6.13. The van der Waals surface area contributed by atoms with Crippen LogP contribution >= 0.6 is 15.9 Å². The third-order valence-electron chi connectivity index (χ3n) is 3.00. The van der Waals surface area contributed by atoms with Crippen molar-refractivity contribution in [3.63, 3.8) is 0 Å². The predicted octanol–water partition coefficient (Wildman–Crippen LogP) is 3.00. The molecule has 0 aromatic heterocycles. The van der Waals surface area contributed by atoms with Crippen LogP contribution in [0.15, 0.2) is 10.5 Å². The van der Waals surface area contributed by atoms with Gasteiger partial charge in [-0.1, -0.05) is 6.92 Å². The second kappa shape index (κ2) is 7.38. The summed E-state index contributed by atoms with van der Waals surface area (Å²) in [5.74, 6) is 1.13. The van der Waals surface area contributed by atoms with Crippen molar-refractivity contribution in [3.05, 3.63) is 16.1 Å². The van der Waals surface area contributed by atoms with Crippen molar-refractivity contribution in [2.24, 2.45) is 0 Å². The molecule has 0 aliphatic carbocycles. The van der Waals surface area contributed by atoms with E-state index in [1.54, 1.807) is 6.07 Å². The average molecular weight is 346 g/mol. The third-order valence-corrected chi connectivity index (χ3v) is 3.79. The number of halogens is 1. The van der Waals surface area contributed by atoms with Crippen LogP contribution in [0, 0.1) is 0 Å². The fourth-order valence-corrected chi connectivity index (χ4v) is 2.33. The molecular weight excluding hydrogens is 326 g/mol. The maximum absolute atomic E-state index is 12.3. The standard InChI is InChI=1S/C14H20BrNO4/c1-6-8(2)16-14(17)9-7-10(18-3)12(19-4)13(20-5)11(9)15/h7-8H,6H2,1-5H3,(H,16,17). The molecule has 1 unspecified atom stereocenters. The van der Waals surface area contributed by atoms with E-state index >= 15 is 0 Å². The van der Waals surface area contributed by atoms with Crippen LogP contribution in [0.2, 0.25) is 0 Å². The summed E-state index contributed by atoms with van der Waals surface area (Å²) in [5, 5.41) is 2.91. The lowest BCUT2D eigenvalue weighted by molar-refractivity contribution is 0.0937. The molecule has 0 saturated heterocycles. The molecule has 0 fully saturated rings. The fourth-order valence-electron chi connectivity index (χ4n) is 1.69. The molecule has 1 N–H and O–H groups in total. The van der Waals surface area contributed by atoms with E-state index in [1.807, 2.05) is 13.8 Å². The molecule has 0 heterocycles. The Hall–Kier alpha value is -1.43. The number of amides is 1. The first-order chi connectivity index (χ1) is 9.49. The summed E-state index contributed by atoms with van der Waals surface area (Å²) in [4.78, 5) is 12.3. The molecule has 5 nitrogen and oxygen atoms in total. The van der Waals surface area contributed by atoms with Gasteiger partial charge in [0.05, 0.1) is 31.4 Å². The fraction of sp³-hybridized carbons (Fsp3) is 0.500. The molecule has 0 radical (unpaired) electrons. The van der Waals surface area contributed by atoms with Crippen molar-refractivity contribution in [2.75, 3.05) is 21.3 Å². The largest absolute Gasteiger partial charge is 0.493 e. The van der Waals surface area contributed by atoms with E-state index < -0.39 is 0 Å². The van der Waals surface area contributed by atoms with Crippen molar-refractivity contribution in [1.29, 1.82) is 0 Å². The number of benzene rings is 1. The monoisotopic (exact) mass is 345 g/mol. The van der Waals surface area contributed by atoms with Crippen molar-refractivity contribution in [3.8, 4) is 17.2 Å². The normalized spacial score (nSPS) is 11.7. The summed E-state index contributed by atoms with van der Waals surface area (Å²) in [6.07, 6.45) is 0.855. The van der Waals surface area contributed by atoms with Gasteiger partial charge >= 0.3 is 0 Å². The maximum Gasteiger partial charge on any atom is 0.252 e. The number of nitrogens with one attached hydrogen (secondary N) is 1. The highest BCUT2D eigenvalue weighted by Gasteiger charge is 2.23. The molecule has 1 aromatic carbocycles. The summed E-state index contributed by atoms with van der Waals surface area (Å²) in [6, 6.07) is 1.72. The zero-order chi connectivity index (χ0) is 15.3. The third kappa shape index (κ3) is 3.36. The summed E-state index contributed by atoms with van der Waals surface area (Å²) < 4.78 is 16.4. The highest BCUT2D eigenvalue weighted by molar-refractivity contribution is 9.10. The van der Waals surface area contributed by atoms with Gasteiger partial charge in [0, 0.05) is 6.04 Å². The molecule has 1 amide bonds. The summed E-state index contributed by atoms with van der Waals surface area (Å²) in [6.45, 7) is 3.96. The maximum atomic E-state index is 12.3. The van der Waals surface area contributed by atoms with Crippen molar-refractivity contribution in [2.45, 2.75) is 26.3 Å². The van der Waals surface area contributed by atoms with E-state index in [2.05, 4.69) is 21.2 Å². The Labute approximate surface area is 127 Å². The minimum atomic E-state index is -0.189. The first-order valence-corrected chi connectivity index (χ1v) is 7.08. The molecule has 0 aliphatic rings. The predicted molar refractivity (Wildman–Crippen MR) is 81.0 cm³/mol. The lowest BCUT2D eigenvalue weighted by Crippen LogP contribution is -2.32. The molecule has 6 heteroatoms. The van der Waals surface area contributed by atoms with E-state index in [-0.39, 0.29) is 11.9 Å². The molecule has 1 rings (SSSR count). The number of hydrogen-bond acceptors (Lipinski definition) is 4. The lowest BCUT2D eigenvalue weighted by atomic mass is 10.1. The summed E-state index contributed by atoms with van der Waals surface area (Å²) >= 11 is 3.39. The number of methoxy groups -OCH3 is 3. The van der Waals surface area contributed by atoms with Gasteiger partial charge < -0.3 is 19.5 Å². The Morgan fingerprint density at radius 2 is 1.85 bits per heavy atom. The molecule has 20 heavy (non-hydrogen) atoms. The van der Waals surface area contributed by atoms with Gasteiger partial charge in [0.2, 0.25) is 5.75 Å². The summed E-state index contributed by atoms with van der Waals surface area (Å²) in [7, 11) is 4.55. The molecular formula is C14H20BrNO4. The lowest BCUT2D eigenvalue weighted by Gasteiger charge is -2.18. The smallest absolute Gasteiger partial charge is 0.252 e. The molecule has 1 atom stereocenters. The van der Waals surface area contributed by atoms with Crippen LogP contribution in [0.3, 0.4) is 0 Å². The number of carbonyl (C=O) groups excluding carboxylic acids is 1. The number of carbonyl (C=O) groups is 1. The Balaban J connectivity index is 3.30. The number of hydrogen-bond donors (Lipinski definition) is 1. The summed E-state index contributed by atoms with van der Waals surface area (Å²) in [5.41, 5.74) is 0.444. The molecule has 0 aliphatic heterocycles. The quantitative estimate of drug-likeness (QED) is 0.860. The average Bonchev–Trinajstić information content (AvgIpc) is 2.45. The molecule has 112 valence electrons. The second-order valence-electron chi connectivity index (χ2n) is 4.29. The van der Waals surface area contributed by atoms with Crippen molar-refractivity contribution in [1.82, 2.24) is 5.32 Å². The van der Waals surface area contributed by atoms with Gasteiger partial charge in [-0.25, -0.2) is 0 Å². The van der Waals surface area contributed by atoms with Gasteiger partial charge in [0.15, 0.2) is 11.5 Å². The molecule has 0 bridgehead atoms. The minimum absolute atomic E-state index is 0.0912. The van der Waals surface area contributed by atoms with Crippen LogP contribution in [-0.4, -0.2) is 33.3 Å². The Bertz CT molecular complexity index is 491. The van der Waals surface area contributed by atoms with E-state index in [0.717, 1.165) is 6.42 Å². The molecule has 1 aromatic rings. The Morgan fingerprint density at radius 1 is 1.25 bits per heavy atom. The van der Waals surface area contributed by atoms with E-state index in [1.165, 1.54) is 21.3 Å². The van der Waals surface area contributed by atoms with Crippen LogP contribution in [-0.2, 0) is 0 Å². The zero-order valence-corrected chi connectivity index (χ0v) is 14.0. The van der Waals surface area contributed by atoms with Crippen LogP contribution in [0.4, 0.5) is 0 Å². The highest BCUT2D eigenvalue weighted by atomic mass is 79.9. The SMILES string of the molecule is CCC(C)NC(=O)c1cc(OC)c(OC)c(OC)c1Br. The Morgan fingerprint density at radius 3 is 2.30 bits per heavy atom. The van der Waals surface area contributed by atoms with Crippen LogP contribution in [0.5, 0.6) is 17.2 Å². The van der Waals surface area contributed by atoms with Gasteiger partial charge in [0.25, 0.3) is 5.91 Å². The second-order valence-corrected chi connectivity index (χ2v) is 5.08. The van der Waals surface area contributed by atoms with E-state index in [9.17, 15) is 4.79 Å². The van der Waals surface area contributed by atoms with Crippen LogP contribution < -0.4 is 19.5 Å². The van der Waals surface area contributed by atoms with Gasteiger partial charge in [-0.3, -0.25) is 4.79 Å². The van der Waals surface area contributed by atoms with Gasteiger partial charge in [-0.05, 0) is 35.3 Å². The number of ether oxygens (including phenoxy) is 3. The van der Waals surface area contributed by atoms with E-state index in [0.29, 0.717) is 27.3 Å². The van der Waals surface area contributed by atoms with Crippen LogP contribution in [0.25, 0.3) is 0 Å². The van der Waals surface area contributed by atoms with E-state index in [4.69, 9.17) is 14.2 Å². The molecule has 0 saturated carbocycles. The first-order valence-electron chi connectivity index (χ1n) is 6.29. The zero-order valence-electron chi connectivity index (χ0n) is 12.4. The van der Waals surface area contributed by atoms with Crippen LogP contribution in [0.1, 0.15) is 30.6 Å². The van der Waals surface area contributed by atoms with Crippen molar-refractivity contribution < 1.29 is 19.0 Å². The van der Waals surface area contributed by atoms with Gasteiger partial charge in [-0.15, -0.1) is 0 Å². The molecule has 0 spiro atoms. The topological polar surface area (TPSA) is 56.8 Å². The van der Waals surface area contributed by atoms with Gasteiger partial charge in [0.1, 0.15) is 0 Å². The highest BCUT2D eigenvalue weighted by Crippen LogP contribution is 2.44. The van der Waals surface area contributed by atoms with Crippen molar-refractivity contribution >= 4 is 21.8 Å². The first kappa shape index (κ1) is 16.6. The number of rotatable bonds is 6. The van der Waals surface area contributed by atoms with Gasteiger partial charge in [-0.2, -0.15) is 0 Å². The minimum Gasteiger partial charge on any atom is -0.493 e.